The number of nitrogens with one attached hydrogen (secondary N) is 1. The van der Waals surface area contributed by atoms with Crippen molar-refractivity contribution in [1.29, 1.82) is 0 Å². The first kappa shape index (κ1) is 18.3. The maximum atomic E-state index is 12.6. The van der Waals surface area contributed by atoms with Gasteiger partial charge in [-0.1, -0.05) is 30.3 Å². The molecule has 1 amide bonds. The molecule has 1 heterocycles. The molecule has 0 aliphatic heterocycles. The summed E-state index contributed by atoms with van der Waals surface area (Å²) in [6.45, 7) is 2.20. The number of hydrogen-bond donors (Lipinski definition) is 1. The second-order valence-corrected chi connectivity index (χ2v) is 5.94. The van der Waals surface area contributed by atoms with Gasteiger partial charge in [-0.2, -0.15) is 4.73 Å². The van der Waals surface area contributed by atoms with Crippen LogP contribution in [0.4, 0.5) is 5.69 Å². The lowest BCUT2D eigenvalue weighted by Gasteiger charge is -2.11. The molecule has 3 aromatic rings. The molecule has 2 aromatic carbocycles. The molecule has 27 heavy (non-hydrogen) atoms. The Balaban J connectivity index is 1.76. The Bertz CT molecular complexity index is 1010. The number of pyridine rings is 1. The van der Waals surface area contributed by atoms with E-state index in [1.54, 1.807) is 37.4 Å². The summed E-state index contributed by atoms with van der Waals surface area (Å²) in [5, 5.41) is 2.70. The lowest BCUT2D eigenvalue weighted by molar-refractivity contribution is 0.0861. The third-order valence-corrected chi connectivity index (χ3v) is 4.11. The monoisotopic (exact) mass is 364 g/mol. The number of carbonyl (C=O) groups is 1. The van der Waals surface area contributed by atoms with Crippen LogP contribution in [0.5, 0.6) is 5.75 Å². The molecule has 0 aliphatic rings. The van der Waals surface area contributed by atoms with Gasteiger partial charge in [0.1, 0.15) is 17.9 Å². The van der Waals surface area contributed by atoms with E-state index in [0.717, 1.165) is 15.9 Å². The molecular weight excluding hydrogens is 344 g/mol. The van der Waals surface area contributed by atoms with Gasteiger partial charge in [0.15, 0.2) is 0 Å². The van der Waals surface area contributed by atoms with E-state index in [-0.39, 0.29) is 12.2 Å². The SMILES string of the molecule is COc1cccc(NC(=O)c2cccn(OCc3ccccc3C)c2=O)c1. The highest BCUT2D eigenvalue weighted by molar-refractivity contribution is 6.04. The van der Waals surface area contributed by atoms with Crippen LogP contribution in [0.1, 0.15) is 21.5 Å². The van der Waals surface area contributed by atoms with E-state index >= 15 is 0 Å². The van der Waals surface area contributed by atoms with Gasteiger partial charge in [0.05, 0.1) is 7.11 Å². The highest BCUT2D eigenvalue weighted by Crippen LogP contribution is 2.17. The molecule has 1 N–H and O–H groups in total. The molecule has 0 bridgehead atoms. The topological polar surface area (TPSA) is 69.6 Å². The first-order valence-corrected chi connectivity index (χ1v) is 8.43. The van der Waals surface area contributed by atoms with Gasteiger partial charge in [-0.15, -0.1) is 0 Å². The number of anilines is 1. The first-order valence-electron chi connectivity index (χ1n) is 8.43. The Labute approximate surface area is 156 Å². The highest BCUT2D eigenvalue weighted by atomic mass is 16.7. The maximum absolute atomic E-state index is 12.6. The predicted octanol–water partition coefficient (Wildman–Crippen LogP) is 3.05. The van der Waals surface area contributed by atoms with E-state index < -0.39 is 11.5 Å². The predicted molar refractivity (Wildman–Crippen MR) is 103 cm³/mol. The second-order valence-electron chi connectivity index (χ2n) is 5.94. The molecule has 6 nitrogen and oxygen atoms in total. The van der Waals surface area contributed by atoms with Gasteiger partial charge in [0, 0.05) is 18.0 Å². The largest absolute Gasteiger partial charge is 0.497 e. The minimum absolute atomic E-state index is 0.00916. The smallest absolute Gasteiger partial charge is 0.295 e. The zero-order valence-electron chi connectivity index (χ0n) is 15.1. The Morgan fingerprint density at radius 3 is 2.67 bits per heavy atom. The lowest BCUT2D eigenvalue weighted by atomic mass is 10.1. The maximum Gasteiger partial charge on any atom is 0.295 e. The third kappa shape index (κ3) is 4.36. The molecule has 6 heteroatoms. The van der Waals surface area contributed by atoms with Crippen LogP contribution in [0.25, 0.3) is 0 Å². The molecular formula is C21H20N2O4. The number of carbonyl (C=O) groups excluding carboxylic acids is 1. The van der Waals surface area contributed by atoms with Gasteiger partial charge in [0.2, 0.25) is 0 Å². The van der Waals surface area contributed by atoms with E-state index in [1.165, 1.54) is 12.3 Å². The normalized spacial score (nSPS) is 10.3. The van der Waals surface area contributed by atoms with Crippen LogP contribution in [0.3, 0.4) is 0 Å². The van der Waals surface area contributed by atoms with Gasteiger partial charge in [-0.25, -0.2) is 0 Å². The number of methoxy groups -OCH3 is 1. The van der Waals surface area contributed by atoms with Gasteiger partial charge < -0.3 is 14.9 Å². The number of aryl methyl sites for hydroxylation is 1. The fourth-order valence-electron chi connectivity index (χ4n) is 2.56. The van der Waals surface area contributed by atoms with Crippen molar-refractivity contribution in [2.24, 2.45) is 0 Å². The van der Waals surface area contributed by atoms with Crippen LogP contribution >= 0.6 is 0 Å². The number of amides is 1. The number of benzene rings is 2. The van der Waals surface area contributed by atoms with Crippen molar-refractivity contribution in [3.8, 4) is 5.75 Å². The summed E-state index contributed by atoms with van der Waals surface area (Å²) in [5.74, 6) is 0.0990. The van der Waals surface area contributed by atoms with Crippen LogP contribution in [0, 0.1) is 6.92 Å². The van der Waals surface area contributed by atoms with Gasteiger partial charge in [0.25, 0.3) is 11.5 Å². The fourth-order valence-corrected chi connectivity index (χ4v) is 2.56. The van der Waals surface area contributed by atoms with E-state index in [2.05, 4.69) is 5.32 Å². The summed E-state index contributed by atoms with van der Waals surface area (Å²) < 4.78 is 6.21. The fraction of sp³-hybridized carbons (Fsp3) is 0.143. The van der Waals surface area contributed by atoms with Crippen LogP contribution in [-0.2, 0) is 6.61 Å². The third-order valence-electron chi connectivity index (χ3n) is 4.11. The summed E-state index contributed by atoms with van der Waals surface area (Å²) >= 11 is 0. The Morgan fingerprint density at radius 2 is 1.89 bits per heavy atom. The van der Waals surface area contributed by atoms with Gasteiger partial charge in [-0.3, -0.25) is 9.59 Å². The van der Waals surface area contributed by atoms with Crippen molar-refractivity contribution in [1.82, 2.24) is 4.73 Å². The molecule has 0 unspecified atom stereocenters. The average molecular weight is 364 g/mol. The van der Waals surface area contributed by atoms with Crippen molar-refractivity contribution in [2.75, 3.05) is 12.4 Å². The molecule has 138 valence electrons. The minimum atomic E-state index is -0.522. The van der Waals surface area contributed by atoms with Crippen molar-refractivity contribution in [3.05, 3.63) is 93.9 Å². The quantitative estimate of drug-likeness (QED) is 0.730. The lowest BCUT2D eigenvalue weighted by Crippen LogP contribution is -2.32. The van der Waals surface area contributed by atoms with Crippen molar-refractivity contribution in [3.63, 3.8) is 0 Å². The Hall–Kier alpha value is -3.54. The van der Waals surface area contributed by atoms with Crippen molar-refractivity contribution < 1.29 is 14.4 Å². The van der Waals surface area contributed by atoms with Gasteiger partial charge >= 0.3 is 0 Å². The number of ether oxygens (including phenoxy) is 1. The molecule has 0 spiro atoms. The molecule has 0 saturated heterocycles. The second kappa shape index (κ2) is 8.23. The first-order chi connectivity index (χ1) is 13.1. The van der Waals surface area contributed by atoms with E-state index in [0.29, 0.717) is 11.4 Å². The standard InChI is InChI=1S/C21H20N2O4/c1-15-7-3-4-8-16(15)14-27-23-12-6-11-19(21(23)25)20(24)22-17-9-5-10-18(13-17)26-2/h3-13H,14H2,1-2H3,(H,22,24). The molecule has 0 aliphatic carbocycles. The highest BCUT2D eigenvalue weighted by Gasteiger charge is 2.13. The Kier molecular flexibility index (Phi) is 5.56. The molecule has 1 aromatic heterocycles. The summed E-state index contributed by atoms with van der Waals surface area (Å²) in [5.41, 5.74) is 2.04. The molecule has 0 saturated carbocycles. The summed E-state index contributed by atoms with van der Waals surface area (Å²) in [4.78, 5) is 30.7. The minimum Gasteiger partial charge on any atom is -0.497 e. The van der Waals surface area contributed by atoms with Crippen LogP contribution in [-0.4, -0.2) is 17.7 Å². The number of aromatic nitrogens is 1. The zero-order chi connectivity index (χ0) is 19.2. The van der Waals surface area contributed by atoms with Gasteiger partial charge in [-0.05, 0) is 42.3 Å². The van der Waals surface area contributed by atoms with Crippen molar-refractivity contribution in [2.45, 2.75) is 13.5 Å². The summed E-state index contributed by atoms with van der Waals surface area (Å²) in [7, 11) is 1.54. The molecule has 0 atom stereocenters. The zero-order valence-corrected chi connectivity index (χ0v) is 15.1. The average Bonchev–Trinajstić information content (AvgIpc) is 2.68. The van der Waals surface area contributed by atoms with E-state index in [9.17, 15) is 9.59 Å². The van der Waals surface area contributed by atoms with Crippen LogP contribution in [0.2, 0.25) is 0 Å². The van der Waals surface area contributed by atoms with Crippen LogP contribution < -0.4 is 20.5 Å². The number of hydrogen-bond acceptors (Lipinski definition) is 4. The van der Waals surface area contributed by atoms with E-state index in [1.807, 2.05) is 31.2 Å². The van der Waals surface area contributed by atoms with Crippen molar-refractivity contribution >= 4 is 11.6 Å². The Morgan fingerprint density at radius 1 is 1.07 bits per heavy atom. The molecule has 0 fully saturated rings. The molecule has 3 rings (SSSR count). The molecule has 0 radical (unpaired) electrons. The number of nitrogens with zero attached hydrogens (tertiary/aromatic N) is 1. The summed E-state index contributed by atoms with van der Waals surface area (Å²) in [6, 6.07) is 17.7. The van der Waals surface area contributed by atoms with Crippen LogP contribution in [0.15, 0.2) is 71.7 Å². The number of rotatable bonds is 6. The summed E-state index contributed by atoms with van der Waals surface area (Å²) in [6.07, 6.45) is 1.49. The van der Waals surface area contributed by atoms with E-state index in [4.69, 9.17) is 9.57 Å².